The van der Waals surface area contributed by atoms with Crippen LogP contribution in [0.25, 0.3) is 16.6 Å². The molecule has 25 heavy (non-hydrogen) atoms. The molecule has 1 aliphatic rings. The third kappa shape index (κ3) is 3.96. The summed E-state index contributed by atoms with van der Waals surface area (Å²) in [7, 11) is 4.31. The van der Waals surface area contributed by atoms with Gasteiger partial charge in [0.05, 0.1) is 5.52 Å². The van der Waals surface area contributed by atoms with E-state index >= 15 is 0 Å². The number of nitrogens with two attached hydrogens (primary N) is 1. The molecule has 1 aromatic carbocycles. The molecule has 1 saturated carbocycles. The number of benzene rings is 1. The summed E-state index contributed by atoms with van der Waals surface area (Å²) in [6.07, 6.45) is 9.08. The fraction of sp³-hybridized carbons (Fsp3) is 0.421. The summed E-state index contributed by atoms with van der Waals surface area (Å²) in [5, 5.41) is 11.8. The summed E-state index contributed by atoms with van der Waals surface area (Å²) in [6, 6.07) is 6.99. The number of nitrogens with one attached hydrogen (secondary N) is 2. The molecular weight excluding hydrogens is 312 g/mol. The monoisotopic (exact) mass is 338 g/mol. The number of aromatic nitrogens is 2. The second kappa shape index (κ2) is 7.61. The normalized spacial score (nSPS) is 21.5. The first kappa shape index (κ1) is 17.4. The number of fused-ring (bicyclic) bond motifs is 1. The molecule has 0 amide bonds. The van der Waals surface area contributed by atoms with E-state index in [0.29, 0.717) is 17.8 Å². The van der Waals surface area contributed by atoms with E-state index in [4.69, 9.17) is 11.1 Å². The third-order valence-electron chi connectivity index (χ3n) is 5.00. The Kier molecular flexibility index (Phi) is 5.28. The van der Waals surface area contributed by atoms with Crippen LogP contribution in [-0.2, 0) is 0 Å². The van der Waals surface area contributed by atoms with Gasteiger partial charge in [-0.25, -0.2) is 9.97 Å². The predicted molar refractivity (Wildman–Crippen MR) is 104 cm³/mol. The number of hydrogen-bond acceptors (Lipinski definition) is 6. The van der Waals surface area contributed by atoms with Gasteiger partial charge in [-0.1, -0.05) is 6.07 Å². The van der Waals surface area contributed by atoms with Gasteiger partial charge in [-0.3, -0.25) is 0 Å². The highest BCUT2D eigenvalue weighted by molar-refractivity contribution is 5.92. The van der Waals surface area contributed by atoms with Crippen LogP contribution in [0.5, 0.6) is 0 Å². The number of hydrogen-bond donors (Lipinski definition) is 3. The first-order valence-corrected chi connectivity index (χ1v) is 8.73. The number of nitrogens with zero attached hydrogens (tertiary/aromatic N) is 3. The maximum atomic E-state index is 7.18. The topological polar surface area (TPSA) is 90.9 Å². The molecule has 1 heterocycles. The predicted octanol–water partition coefficient (Wildman–Crippen LogP) is 2.86. The molecule has 0 aliphatic heterocycles. The molecule has 2 aromatic rings. The van der Waals surface area contributed by atoms with Crippen LogP contribution in [0.3, 0.4) is 0 Å². The van der Waals surface area contributed by atoms with Crippen molar-refractivity contribution in [1.29, 1.82) is 5.41 Å². The second-order valence-electron chi connectivity index (χ2n) is 6.86. The molecule has 0 unspecified atom stereocenters. The second-order valence-corrected chi connectivity index (χ2v) is 6.86. The fourth-order valence-corrected chi connectivity index (χ4v) is 3.47. The minimum absolute atomic E-state index is 0.437. The molecule has 132 valence electrons. The first-order valence-electron chi connectivity index (χ1n) is 8.73. The van der Waals surface area contributed by atoms with Crippen LogP contribution in [0, 0.1) is 5.41 Å². The Morgan fingerprint density at radius 3 is 2.68 bits per heavy atom. The van der Waals surface area contributed by atoms with Crippen molar-refractivity contribution >= 4 is 28.6 Å². The van der Waals surface area contributed by atoms with Gasteiger partial charge in [-0.05, 0) is 63.6 Å². The van der Waals surface area contributed by atoms with Gasteiger partial charge in [-0.15, -0.1) is 0 Å². The Labute approximate surface area is 148 Å². The Bertz CT molecular complexity index is 775. The van der Waals surface area contributed by atoms with Crippen LogP contribution in [-0.4, -0.2) is 47.3 Å². The van der Waals surface area contributed by atoms with Gasteiger partial charge in [-0.2, -0.15) is 0 Å². The average Bonchev–Trinajstić information content (AvgIpc) is 2.62. The standard InChI is InChI=1S/C19H26N6/c1-25(2)15-6-4-14(5-7-15)24-19-16-11-13(17(21)9-10-20)3-8-18(16)22-12-23-19/h3,8-12,14-15,20H,4-7,21H2,1-2H3,(H,22,23,24)/b17-9-,20-10?. The summed E-state index contributed by atoms with van der Waals surface area (Å²) in [6.45, 7) is 0. The summed E-state index contributed by atoms with van der Waals surface area (Å²) in [4.78, 5) is 11.1. The van der Waals surface area contributed by atoms with E-state index in [9.17, 15) is 0 Å². The third-order valence-corrected chi connectivity index (χ3v) is 5.00. The molecular formula is C19H26N6. The highest BCUT2D eigenvalue weighted by atomic mass is 15.1. The summed E-state index contributed by atoms with van der Waals surface area (Å²) in [5.74, 6) is 0.864. The van der Waals surface area contributed by atoms with Crippen molar-refractivity contribution in [1.82, 2.24) is 14.9 Å². The summed E-state index contributed by atoms with van der Waals surface area (Å²) < 4.78 is 0. The molecule has 3 rings (SSSR count). The smallest absolute Gasteiger partial charge is 0.137 e. The van der Waals surface area contributed by atoms with Crippen molar-refractivity contribution in [3.05, 3.63) is 36.2 Å². The molecule has 1 aromatic heterocycles. The van der Waals surface area contributed by atoms with E-state index in [1.54, 1.807) is 12.4 Å². The zero-order valence-electron chi connectivity index (χ0n) is 14.9. The Balaban J connectivity index is 1.83. The lowest BCUT2D eigenvalue weighted by Crippen LogP contribution is -2.36. The van der Waals surface area contributed by atoms with Gasteiger partial charge in [0.15, 0.2) is 0 Å². The first-order chi connectivity index (χ1) is 12.1. The molecule has 0 bridgehead atoms. The number of anilines is 1. The van der Waals surface area contributed by atoms with E-state index in [-0.39, 0.29) is 0 Å². The van der Waals surface area contributed by atoms with Crippen molar-refractivity contribution < 1.29 is 0 Å². The van der Waals surface area contributed by atoms with Crippen LogP contribution >= 0.6 is 0 Å². The lowest BCUT2D eigenvalue weighted by atomic mass is 9.90. The van der Waals surface area contributed by atoms with E-state index in [2.05, 4.69) is 34.3 Å². The average molecular weight is 338 g/mol. The summed E-state index contributed by atoms with van der Waals surface area (Å²) in [5.41, 5.74) is 8.36. The van der Waals surface area contributed by atoms with Gasteiger partial charge in [0.1, 0.15) is 12.1 Å². The highest BCUT2D eigenvalue weighted by Crippen LogP contribution is 2.27. The van der Waals surface area contributed by atoms with Crippen LogP contribution in [0.15, 0.2) is 30.6 Å². The SMILES string of the molecule is CN(C)C1CCC(Nc2ncnc3ccc(/C(N)=C/C=N)cc23)CC1. The zero-order valence-corrected chi connectivity index (χ0v) is 14.9. The van der Waals surface area contributed by atoms with Crippen molar-refractivity contribution in [2.45, 2.75) is 37.8 Å². The Morgan fingerprint density at radius 2 is 2.00 bits per heavy atom. The van der Waals surface area contributed by atoms with Gasteiger partial charge in [0.2, 0.25) is 0 Å². The van der Waals surface area contributed by atoms with E-state index in [1.165, 1.54) is 19.1 Å². The Morgan fingerprint density at radius 1 is 1.24 bits per heavy atom. The maximum Gasteiger partial charge on any atom is 0.137 e. The van der Waals surface area contributed by atoms with Crippen molar-refractivity contribution in [3.63, 3.8) is 0 Å². The molecule has 0 atom stereocenters. The lowest BCUT2D eigenvalue weighted by molar-refractivity contribution is 0.221. The molecule has 0 radical (unpaired) electrons. The number of allylic oxidation sites excluding steroid dienone is 1. The molecule has 6 heteroatoms. The van der Waals surface area contributed by atoms with Crippen molar-refractivity contribution in [2.75, 3.05) is 19.4 Å². The molecule has 6 nitrogen and oxygen atoms in total. The summed E-state index contributed by atoms with van der Waals surface area (Å²) >= 11 is 0. The van der Waals surface area contributed by atoms with E-state index in [1.807, 2.05) is 18.2 Å². The quantitative estimate of drug-likeness (QED) is 0.729. The van der Waals surface area contributed by atoms with Crippen LogP contribution in [0.2, 0.25) is 0 Å². The van der Waals surface area contributed by atoms with Gasteiger partial charge in [0.25, 0.3) is 0 Å². The maximum absolute atomic E-state index is 7.18. The van der Waals surface area contributed by atoms with E-state index < -0.39 is 0 Å². The van der Waals surface area contributed by atoms with Crippen molar-refractivity contribution in [3.8, 4) is 0 Å². The zero-order chi connectivity index (χ0) is 17.8. The van der Waals surface area contributed by atoms with Gasteiger partial charge >= 0.3 is 0 Å². The highest BCUT2D eigenvalue weighted by Gasteiger charge is 2.23. The van der Waals surface area contributed by atoms with Crippen LogP contribution < -0.4 is 11.1 Å². The Hall–Kier alpha value is -2.47. The van der Waals surface area contributed by atoms with Crippen LogP contribution in [0.1, 0.15) is 31.2 Å². The lowest BCUT2D eigenvalue weighted by Gasteiger charge is -2.33. The van der Waals surface area contributed by atoms with Crippen molar-refractivity contribution in [2.24, 2.45) is 5.73 Å². The largest absolute Gasteiger partial charge is 0.398 e. The molecule has 0 spiro atoms. The molecule has 0 saturated heterocycles. The molecule has 4 N–H and O–H groups in total. The molecule has 1 aliphatic carbocycles. The number of rotatable bonds is 5. The van der Waals surface area contributed by atoms with Gasteiger partial charge in [0, 0.05) is 29.4 Å². The molecule has 1 fully saturated rings. The minimum Gasteiger partial charge on any atom is -0.398 e. The minimum atomic E-state index is 0.437. The van der Waals surface area contributed by atoms with E-state index in [0.717, 1.165) is 35.1 Å². The van der Waals surface area contributed by atoms with Gasteiger partial charge < -0.3 is 21.4 Å². The fourth-order valence-electron chi connectivity index (χ4n) is 3.47. The van der Waals surface area contributed by atoms with Crippen LogP contribution in [0.4, 0.5) is 5.82 Å².